The van der Waals surface area contributed by atoms with Gasteiger partial charge in [-0.2, -0.15) is 0 Å². The van der Waals surface area contributed by atoms with Crippen molar-refractivity contribution in [2.45, 2.75) is 13.3 Å². The summed E-state index contributed by atoms with van der Waals surface area (Å²) in [6.07, 6.45) is 0.746. The lowest BCUT2D eigenvalue weighted by molar-refractivity contribution is 0.0602. The molecule has 0 aliphatic carbocycles. The zero-order chi connectivity index (χ0) is 11.6. The number of anilines is 1. The second kappa shape index (κ2) is 4.99. The Bertz CT molecular complexity index is 405. The van der Waals surface area contributed by atoms with Gasteiger partial charge in [-0.15, -0.1) is 0 Å². The van der Waals surface area contributed by atoms with Gasteiger partial charge in [-0.05, 0) is 49.9 Å². The molecule has 0 atom stereocenters. The first-order valence-electron chi connectivity index (χ1n) is 4.37. The van der Waals surface area contributed by atoms with Crippen LogP contribution < -0.4 is 5.73 Å². The number of carbonyl (C=O) groups is 1. The SMILES string of the molecule is CCc1c(N)c(C(=O)OC)cc(Br)c1Br. The van der Waals surface area contributed by atoms with Crippen LogP contribution in [0.4, 0.5) is 5.69 Å². The zero-order valence-corrected chi connectivity index (χ0v) is 11.6. The highest BCUT2D eigenvalue weighted by Gasteiger charge is 2.17. The molecule has 0 bridgehead atoms. The van der Waals surface area contributed by atoms with Gasteiger partial charge in [0.25, 0.3) is 0 Å². The molecule has 0 heterocycles. The molecule has 1 aromatic rings. The molecule has 3 nitrogen and oxygen atoms in total. The Hall–Kier alpha value is -0.550. The summed E-state index contributed by atoms with van der Waals surface area (Å²) >= 11 is 6.78. The molecule has 0 saturated carbocycles. The summed E-state index contributed by atoms with van der Waals surface area (Å²) in [4.78, 5) is 11.4. The van der Waals surface area contributed by atoms with Crippen molar-refractivity contribution >= 4 is 43.5 Å². The lowest BCUT2D eigenvalue weighted by atomic mass is 10.1. The van der Waals surface area contributed by atoms with Gasteiger partial charge in [-0.1, -0.05) is 6.92 Å². The van der Waals surface area contributed by atoms with E-state index in [-0.39, 0.29) is 0 Å². The first-order valence-corrected chi connectivity index (χ1v) is 5.96. The fourth-order valence-electron chi connectivity index (χ4n) is 1.32. The van der Waals surface area contributed by atoms with E-state index in [0.717, 1.165) is 20.9 Å². The molecule has 0 saturated heterocycles. The van der Waals surface area contributed by atoms with Crippen LogP contribution in [0.2, 0.25) is 0 Å². The van der Waals surface area contributed by atoms with Crippen molar-refractivity contribution in [1.29, 1.82) is 0 Å². The van der Waals surface area contributed by atoms with E-state index in [9.17, 15) is 4.79 Å². The summed E-state index contributed by atoms with van der Waals surface area (Å²) in [5.41, 5.74) is 7.66. The van der Waals surface area contributed by atoms with Crippen LogP contribution in [0.25, 0.3) is 0 Å². The fraction of sp³-hybridized carbons (Fsp3) is 0.300. The van der Waals surface area contributed by atoms with Crippen molar-refractivity contribution in [3.8, 4) is 0 Å². The summed E-state index contributed by atoms with van der Waals surface area (Å²) in [7, 11) is 1.34. The average molecular weight is 337 g/mol. The van der Waals surface area contributed by atoms with Gasteiger partial charge in [0, 0.05) is 8.95 Å². The standard InChI is InChI=1S/C10H11Br2NO2/c1-3-5-8(12)7(11)4-6(9(5)13)10(14)15-2/h4H,3,13H2,1-2H3. The molecule has 1 rings (SSSR count). The van der Waals surface area contributed by atoms with Crippen molar-refractivity contribution in [3.05, 3.63) is 26.1 Å². The quantitative estimate of drug-likeness (QED) is 0.666. The molecule has 15 heavy (non-hydrogen) atoms. The van der Waals surface area contributed by atoms with E-state index in [1.54, 1.807) is 6.07 Å². The molecule has 0 amide bonds. The van der Waals surface area contributed by atoms with Gasteiger partial charge in [0.05, 0.1) is 18.4 Å². The third kappa shape index (κ3) is 2.34. The monoisotopic (exact) mass is 335 g/mol. The van der Waals surface area contributed by atoms with Crippen LogP contribution in [-0.4, -0.2) is 13.1 Å². The van der Waals surface area contributed by atoms with Gasteiger partial charge in [0.1, 0.15) is 0 Å². The van der Waals surface area contributed by atoms with Gasteiger partial charge < -0.3 is 10.5 Å². The lowest BCUT2D eigenvalue weighted by Crippen LogP contribution is -2.08. The Morgan fingerprint density at radius 2 is 2.13 bits per heavy atom. The second-order valence-electron chi connectivity index (χ2n) is 2.96. The van der Waals surface area contributed by atoms with Crippen LogP contribution in [0.1, 0.15) is 22.8 Å². The third-order valence-electron chi connectivity index (χ3n) is 2.12. The lowest BCUT2D eigenvalue weighted by Gasteiger charge is -2.12. The summed E-state index contributed by atoms with van der Waals surface area (Å²) < 4.78 is 6.34. The molecular formula is C10H11Br2NO2. The van der Waals surface area contributed by atoms with Crippen molar-refractivity contribution in [1.82, 2.24) is 0 Å². The Morgan fingerprint density at radius 1 is 1.53 bits per heavy atom. The van der Waals surface area contributed by atoms with E-state index < -0.39 is 5.97 Å². The molecule has 0 aliphatic heterocycles. The van der Waals surface area contributed by atoms with E-state index >= 15 is 0 Å². The van der Waals surface area contributed by atoms with Gasteiger partial charge in [0.15, 0.2) is 0 Å². The van der Waals surface area contributed by atoms with Gasteiger partial charge in [-0.3, -0.25) is 0 Å². The summed E-state index contributed by atoms with van der Waals surface area (Å²) in [5, 5.41) is 0. The summed E-state index contributed by atoms with van der Waals surface area (Å²) in [5.74, 6) is -0.421. The van der Waals surface area contributed by atoms with Crippen molar-refractivity contribution in [2.75, 3.05) is 12.8 Å². The van der Waals surface area contributed by atoms with Crippen molar-refractivity contribution in [2.24, 2.45) is 0 Å². The van der Waals surface area contributed by atoms with Crippen molar-refractivity contribution < 1.29 is 9.53 Å². The minimum absolute atomic E-state index is 0.393. The molecule has 5 heteroatoms. The first kappa shape index (κ1) is 12.5. The summed E-state index contributed by atoms with van der Waals surface area (Å²) in [6, 6.07) is 1.66. The molecule has 2 N–H and O–H groups in total. The number of ether oxygens (including phenoxy) is 1. The molecule has 0 aromatic heterocycles. The number of benzene rings is 1. The number of nitrogens with two attached hydrogens (primary N) is 1. The second-order valence-corrected chi connectivity index (χ2v) is 4.60. The number of halogens is 2. The minimum Gasteiger partial charge on any atom is -0.465 e. The fourth-order valence-corrected chi connectivity index (χ4v) is 2.39. The molecule has 0 aliphatic rings. The zero-order valence-electron chi connectivity index (χ0n) is 8.43. The maximum atomic E-state index is 11.4. The largest absolute Gasteiger partial charge is 0.465 e. The van der Waals surface area contributed by atoms with E-state index in [1.807, 2.05) is 6.92 Å². The summed E-state index contributed by atoms with van der Waals surface area (Å²) in [6.45, 7) is 1.98. The molecular weight excluding hydrogens is 326 g/mol. The first-order chi connectivity index (χ1) is 7.02. The van der Waals surface area contributed by atoms with Gasteiger partial charge in [0.2, 0.25) is 0 Å². The predicted octanol–water partition coefficient (Wildman–Crippen LogP) is 3.14. The smallest absolute Gasteiger partial charge is 0.340 e. The number of hydrogen-bond donors (Lipinski definition) is 1. The van der Waals surface area contributed by atoms with Crippen LogP contribution >= 0.6 is 31.9 Å². The Balaban J connectivity index is 3.43. The van der Waals surface area contributed by atoms with Crippen LogP contribution in [0.3, 0.4) is 0 Å². The number of nitrogen functional groups attached to an aromatic ring is 1. The molecule has 1 aromatic carbocycles. The highest BCUT2D eigenvalue weighted by Crippen LogP contribution is 2.34. The van der Waals surface area contributed by atoms with Gasteiger partial charge in [-0.25, -0.2) is 4.79 Å². The minimum atomic E-state index is -0.421. The molecule has 0 fully saturated rings. The molecule has 0 spiro atoms. The van der Waals surface area contributed by atoms with Crippen LogP contribution in [0.15, 0.2) is 15.0 Å². The van der Waals surface area contributed by atoms with E-state index in [0.29, 0.717) is 11.3 Å². The van der Waals surface area contributed by atoms with Gasteiger partial charge >= 0.3 is 5.97 Å². The Kier molecular flexibility index (Phi) is 4.16. The van der Waals surface area contributed by atoms with Crippen molar-refractivity contribution in [3.63, 3.8) is 0 Å². The third-order valence-corrected chi connectivity index (χ3v) is 4.18. The van der Waals surface area contributed by atoms with E-state index in [1.165, 1.54) is 7.11 Å². The molecule has 82 valence electrons. The maximum Gasteiger partial charge on any atom is 0.340 e. The highest BCUT2D eigenvalue weighted by molar-refractivity contribution is 9.13. The maximum absolute atomic E-state index is 11.4. The topological polar surface area (TPSA) is 52.3 Å². The van der Waals surface area contributed by atoms with E-state index in [4.69, 9.17) is 5.73 Å². The number of rotatable bonds is 2. The van der Waals surface area contributed by atoms with E-state index in [2.05, 4.69) is 36.6 Å². The van der Waals surface area contributed by atoms with Crippen LogP contribution in [-0.2, 0) is 11.2 Å². The number of hydrogen-bond acceptors (Lipinski definition) is 3. The Morgan fingerprint density at radius 3 is 2.60 bits per heavy atom. The average Bonchev–Trinajstić information content (AvgIpc) is 2.23. The molecule has 0 radical (unpaired) electrons. The Labute approximate surface area is 105 Å². The van der Waals surface area contributed by atoms with Crippen LogP contribution in [0, 0.1) is 0 Å². The van der Waals surface area contributed by atoms with Crippen LogP contribution in [0.5, 0.6) is 0 Å². The normalized spacial score (nSPS) is 10.1. The molecule has 0 unspecified atom stereocenters. The predicted molar refractivity (Wildman–Crippen MR) is 67.0 cm³/mol. The highest BCUT2D eigenvalue weighted by atomic mass is 79.9. The number of methoxy groups -OCH3 is 1. The number of esters is 1. The number of carbonyl (C=O) groups excluding carboxylic acids is 1.